The molecule has 55 heavy (non-hydrogen) atoms. The zero-order chi connectivity index (χ0) is 40.1. The van der Waals surface area contributed by atoms with Gasteiger partial charge in [0, 0.05) is 45.1 Å². The van der Waals surface area contributed by atoms with Crippen LogP contribution >= 0.6 is 0 Å². The molecule has 0 bridgehead atoms. The maximum atomic E-state index is 12.5. The molecule has 0 aromatic carbocycles. The van der Waals surface area contributed by atoms with Crippen LogP contribution in [0.2, 0.25) is 0 Å². The van der Waals surface area contributed by atoms with E-state index >= 15 is 0 Å². The molecule has 8 heteroatoms. The van der Waals surface area contributed by atoms with Gasteiger partial charge in [0.2, 0.25) is 0 Å². The van der Waals surface area contributed by atoms with E-state index in [9.17, 15) is 14.7 Å². The molecule has 0 saturated heterocycles. The number of aliphatic hydroxyl groups excluding tert-OH is 1. The van der Waals surface area contributed by atoms with Crippen molar-refractivity contribution in [2.75, 3.05) is 52.7 Å². The Bertz CT molecular complexity index is 932. The van der Waals surface area contributed by atoms with Crippen molar-refractivity contribution in [1.82, 2.24) is 4.90 Å². The van der Waals surface area contributed by atoms with Gasteiger partial charge in [0.25, 0.3) is 0 Å². The Labute approximate surface area is 339 Å². The molecule has 0 atom stereocenters. The molecule has 0 amide bonds. The van der Waals surface area contributed by atoms with E-state index in [0.29, 0.717) is 58.7 Å². The van der Waals surface area contributed by atoms with Gasteiger partial charge in [-0.1, -0.05) is 117 Å². The molecule has 0 spiro atoms. The number of unbranched alkanes of at least 4 members (excludes halogenated alkanes) is 19. The number of nitrogens with zero attached hydrogens (tertiary/aromatic N) is 1. The molecule has 0 aliphatic rings. The van der Waals surface area contributed by atoms with Gasteiger partial charge in [0.1, 0.15) is 0 Å². The lowest BCUT2D eigenvalue weighted by molar-refractivity contribution is -0.157. The minimum Gasteiger partial charge on any atom is -0.466 e. The molecular weight excluding hydrogens is 691 g/mol. The first-order valence-electron chi connectivity index (χ1n) is 22.9. The second-order valence-corrected chi connectivity index (χ2v) is 14.9. The highest BCUT2D eigenvalue weighted by atomic mass is 16.7. The second kappa shape index (κ2) is 44.6. The second-order valence-electron chi connectivity index (χ2n) is 14.9. The molecule has 1 N–H and O–H groups in total. The number of carbonyl (C=O) groups is 2. The van der Waals surface area contributed by atoms with Crippen molar-refractivity contribution in [2.24, 2.45) is 0 Å². The molecule has 0 unspecified atom stereocenters. The highest BCUT2D eigenvalue weighted by Crippen LogP contribution is 2.12. The van der Waals surface area contributed by atoms with Gasteiger partial charge in [-0.25, -0.2) is 0 Å². The summed E-state index contributed by atoms with van der Waals surface area (Å²) in [6.45, 7) is 11.4. The number of rotatable bonds is 40. The molecule has 8 nitrogen and oxygen atoms in total. The summed E-state index contributed by atoms with van der Waals surface area (Å²) in [5.74, 6) is 12.6. The molecule has 0 aromatic rings. The summed E-state index contributed by atoms with van der Waals surface area (Å²) in [7, 11) is 0. The molecule has 0 rings (SSSR count). The van der Waals surface area contributed by atoms with E-state index in [4.69, 9.17) is 18.9 Å². The van der Waals surface area contributed by atoms with E-state index in [0.717, 1.165) is 109 Å². The fraction of sp³-hybridized carbons (Fsp3) is 0.872. The predicted molar refractivity (Wildman–Crippen MR) is 228 cm³/mol. The highest BCUT2D eigenvalue weighted by molar-refractivity contribution is 5.69. The van der Waals surface area contributed by atoms with Crippen LogP contribution in [0.1, 0.15) is 207 Å². The van der Waals surface area contributed by atoms with Crippen LogP contribution in [0.5, 0.6) is 0 Å². The fourth-order valence-corrected chi connectivity index (χ4v) is 6.19. The third-order valence-electron chi connectivity index (χ3n) is 9.62. The number of carbonyl (C=O) groups excluding carboxylic acids is 2. The Morgan fingerprint density at radius 2 is 0.891 bits per heavy atom. The van der Waals surface area contributed by atoms with Crippen LogP contribution in [0.3, 0.4) is 0 Å². The standard InChI is InChI=1S/C47H85NO7/c1-4-7-10-13-16-23-30-41-52-45(50)34-27-20-19-21-28-37-48(39-40-49)38-29-22-26-31-42-53-46(51)35-36-47(54-43-32-24-17-14-11-8-5-2)55-44-33-25-18-15-12-9-6-3/h47,49H,4-16,19-23,26-44H2,1-3H3. The van der Waals surface area contributed by atoms with Gasteiger partial charge in [0.05, 0.1) is 39.5 Å². The smallest absolute Gasteiger partial charge is 0.305 e. The van der Waals surface area contributed by atoms with E-state index in [1.54, 1.807) is 0 Å². The molecule has 0 aromatic heterocycles. The van der Waals surface area contributed by atoms with Crippen LogP contribution in [0.15, 0.2) is 0 Å². The summed E-state index contributed by atoms with van der Waals surface area (Å²) in [4.78, 5) is 26.8. The van der Waals surface area contributed by atoms with Crippen molar-refractivity contribution in [1.29, 1.82) is 0 Å². The zero-order valence-electron chi connectivity index (χ0n) is 36.1. The third kappa shape index (κ3) is 41.4. The first-order chi connectivity index (χ1) is 27.1. The van der Waals surface area contributed by atoms with Crippen LogP contribution in [-0.4, -0.2) is 80.9 Å². The summed E-state index contributed by atoms with van der Waals surface area (Å²) in [6.07, 6.45) is 29.0. The SMILES string of the molecule is CCCCCC#CCCOC(CCC(=O)OCCCCCCN(CCO)CCCCCCCC(=O)OCCCCCCCCC)OCCC#CCCCCC. The molecule has 0 fully saturated rings. The summed E-state index contributed by atoms with van der Waals surface area (Å²) in [5.41, 5.74) is 0. The summed E-state index contributed by atoms with van der Waals surface area (Å²) in [5, 5.41) is 9.53. The molecular formula is C47H85NO7. The average Bonchev–Trinajstić information content (AvgIpc) is 3.18. The number of ether oxygens (including phenoxy) is 4. The lowest BCUT2D eigenvalue weighted by Gasteiger charge is -2.21. The van der Waals surface area contributed by atoms with Crippen molar-refractivity contribution in [3.05, 3.63) is 0 Å². The number of hydrogen-bond acceptors (Lipinski definition) is 8. The Kier molecular flexibility index (Phi) is 42.9. The largest absolute Gasteiger partial charge is 0.466 e. The van der Waals surface area contributed by atoms with Gasteiger partial charge in [-0.2, -0.15) is 0 Å². The van der Waals surface area contributed by atoms with Gasteiger partial charge >= 0.3 is 11.9 Å². The van der Waals surface area contributed by atoms with Crippen molar-refractivity contribution in [3.8, 4) is 23.7 Å². The zero-order valence-corrected chi connectivity index (χ0v) is 36.1. The van der Waals surface area contributed by atoms with Crippen LogP contribution in [0.25, 0.3) is 0 Å². The van der Waals surface area contributed by atoms with Gasteiger partial charge in [-0.05, 0) is 58.0 Å². The number of aliphatic hydroxyl groups is 1. The van der Waals surface area contributed by atoms with E-state index in [-0.39, 0.29) is 25.0 Å². The lowest BCUT2D eigenvalue weighted by atomic mass is 10.1. The molecule has 0 aliphatic heterocycles. The van der Waals surface area contributed by atoms with Crippen molar-refractivity contribution >= 4 is 11.9 Å². The highest BCUT2D eigenvalue weighted by Gasteiger charge is 2.13. The fourth-order valence-electron chi connectivity index (χ4n) is 6.19. The Morgan fingerprint density at radius 3 is 1.40 bits per heavy atom. The third-order valence-corrected chi connectivity index (χ3v) is 9.62. The van der Waals surface area contributed by atoms with Gasteiger partial charge in [0.15, 0.2) is 6.29 Å². The number of esters is 2. The molecule has 0 radical (unpaired) electrons. The van der Waals surface area contributed by atoms with Gasteiger partial charge in [-0.15, -0.1) is 23.7 Å². The van der Waals surface area contributed by atoms with Gasteiger partial charge < -0.3 is 29.0 Å². The minimum atomic E-state index is -0.460. The monoisotopic (exact) mass is 776 g/mol. The minimum absolute atomic E-state index is 0.0476. The Hall–Kier alpha value is -2.10. The summed E-state index contributed by atoms with van der Waals surface area (Å²) in [6, 6.07) is 0. The predicted octanol–water partition coefficient (Wildman–Crippen LogP) is 11.1. The lowest BCUT2D eigenvalue weighted by Crippen LogP contribution is -2.29. The van der Waals surface area contributed by atoms with E-state index in [2.05, 4.69) is 49.4 Å². The van der Waals surface area contributed by atoms with Crippen LogP contribution < -0.4 is 0 Å². The van der Waals surface area contributed by atoms with E-state index < -0.39 is 6.29 Å². The van der Waals surface area contributed by atoms with Crippen LogP contribution in [0, 0.1) is 23.7 Å². The quantitative estimate of drug-likeness (QED) is 0.0285. The van der Waals surface area contributed by atoms with Crippen molar-refractivity contribution < 1.29 is 33.6 Å². The first-order valence-corrected chi connectivity index (χ1v) is 22.9. The van der Waals surface area contributed by atoms with Gasteiger partial charge in [-0.3, -0.25) is 9.59 Å². The van der Waals surface area contributed by atoms with Crippen LogP contribution in [0.4, 0.5) is 0 Å². The molecule has 0 aliphatic carbocycles. The maximum Gasteiger partial charge on any atom is 0.305 e. The molecule has 0 heterocycles. The first kappa shape index (κ1) is 52.9. The van der Waals surface area contributed by atoms with E-state index in [1.165, 1.54) is 57.8 Å². The average molecular weight is 776 g/mol. The molecule has 0 saturated carbocycles. The normalized spacial score (nSPS) is 11.0. The maximum absolute atomic E-state index is 12.5. The molecule has 320 valence electrons. The number of hydrogen-bond donors (Lipinski definition) is 1. The van der Waals surface area contributed by atoms with Crippen molar-refractivity contribution in [2.45, 2.75) is 213 Å². The van der Waals surface area contributed by atoms with Crippen molar-refractivity contribution in [3.63, 3.8) is 0 Å². The summed E-state index contributed by atoms with van der Waals surface area (Å²) < 4.78 is 22.8. The summed E-state index contributed by atoms with van der Waals surface area (Å²) >= 11 is 0. The Balaban J connectivity index is 4.07. The van der Waals surface area contributed by atoms with E-state index in [1.807, 2.05) is 0 Å². The topological polar surface area (TPSA) is 94.5 Å². The van der Waals surface area contributed by atoms with Crippen LogP contribution in [-0.2, 0) is 28.5 Å². The Morgan fingerprint density at radius 1 is 0.473 bits per heavy atom.